The summed E-state index contributed by atoms with van der Waals surface area (Å²) >= 11 is 24.3. The van der Waals surface area contributed by atoms with Crippen LogP contribution in [0.4, 0.5) is 5.69 Å². The van der Waals surface area contributed by atoms with Gasteiger partial charge in [0.25, 0.3) is 11.8 Å². The minimum atomic E-state index is -1.14. The molecule has 9 heteroatoms. The highest BCUT2D eigenvalue weighted by molar-refractivity contribution is 6.55. The molecule has 152 valence electrons. The highest BCUT2D eigenvalue weighted by Gasteiger charge is 2.45. The molecule has 1 atom stereocenters. The molecule has 0 saturated heterocycles. The van der Waals surface area contributed by atoms with Crippen LogP contribution < -0.4 is 5.32 Å². The number of nitrogens with zero attached hydrogens (tertiary/aromatic N) is 1. The fraction of sp³-hybridized carbons (Fsp3) is 0.0952. The van der Waals surface area contributed by atoms with Crippen molar-refractivity contribution >= 4 is 80.6 Å². The van der Waals surface area contributed by atoms with Crippen LogP contribution in [0.5, 0.6) is 0 Å². The maximum Gasteiger partial charge on any atom is 0.263 e. The third-order valence-corrected chi connectivity index (χ3v) is 6.75. The van der Waals surface area contributed by atoms with Gasteiger partial charge in [0.15, 0.2) is 0 Å². The molecule has 1 N–H and O–H groups in total. The summed E-state index contributed by atoms with van der Waals surface area (Å²) in [4.78, 5) is 39.6. The number of hydrogen-bond acceptors (Lipinski definition) is 3. The maximum atomic E-state index is 12.9. The van der Waals surface area contributed by atoms with Gasteiger partial charge in [-0.3, -0.25) is 19.3 Å². The Balaban J connectivity index is 1.68. The standard InChI is InChI=1S/C21H12Cl4N2O3/c1-9(19(28)26-12-8-4-6-10-5-2-3-7-11(10)12)27-20(29)13-14(21(27)30)16(23)18(25)17(24)15(13)22/h2-9H,1H3,(H,26,28)/t9-/m1/s1. The molecule has 1 aliphatic rings. The zero-order valence-electron chi connectivity index (χ0n) is 15.3. The van der Waals surface area contributed by atoms with Gasteiger partial charge in [-0.05, 0) is 18.4 Å². The Morgan fingerprint density at radius 3 is 1.97 bits per heavy atom. The van der Waals surface area contributed by atoms with Gasteiger partial charge in [-0.2, -0.15) is 0 Å². The first kappa shape index (κ1) is 20.9. The number of halogens is 4. The number of fused-ring (bicyclic) bond motifs is 2. The first-order valence-corrected chi connectivity index (χ1v) is 10.3. The van der Waals surface area contributed by atoms with Gasteiger partial charge in [0.1, 0.15) is 6.04 Å². The van der Waals surface area contributed by atoms with E-state index in [1.807, 2.05) is 30.3 Å². The number of hydrogen-bond donors (Lipinski definition) is 1. The van der Waals surface area contributed by atoms with E-state index in [0.717, 1.165) is 15.7 Å². The zero-order chi connectivity index (χ0) is 21.7. The second-order valence-electron chi connectivity index (χ2n) is 6.68. The molecule has 0 aromatic heterocycles. The summed E-state index contributed by atoms with van der Waals surface area (Å²) in [6.45, 7) is 1.44. The summed E-state index contributed by atoms with van der Waals surface area (Å²) in [5, 5.41) is 3.93. The van der Waals surface area contributed by atoms with Crippen molar-refractivity contribution in [2.75, 3.05) is 5.32 Å². The molecule has 1 heterocycles. The largest absolute Gasteiger partial charge is 0.324 e. The number of imide groups is 1. The quantitative estimate of drug-likeness (QED) is 0.280. The minimum absolute atomic E-state index is 0.127. The van der Waals surface area contributed by atoms with Gasteiger partial charge in [-0.25, -0.2) is 0 Å². The fourth-order valence-electron chi connectivity index (χ4n) is 3.41. The Labute approximate surface area is 191 Å². The zero-order valence-corrected chi connectivity index (χ0v) is 18.3. The lowest BCUT2D eigenvalue weighted by Gasteiger charge is -2.22. The van der Waals surface area contributed by atoms with Crippen molar-refractivity contribution < 1.29 is 14.4 Å². The molecule has 0 bridgehead atoms. The molecule has 1 aliphatic heterocycles. The molecule has 0 unspecified atom stereocenters. The number of carbonyl (C=O) groups excluding carboxylic acids is 3. The first-order chi connectivity index (χ1) is 14.2. The Hall–Kier alpha value is -2.31. The van der Waals surface area contributed by atoms with E-state index in [4.69, 9.17) is 46.4 Å². The van der Waals surface area contributed by atoms with Gasteiger partial charge >= 0.3 is 0 Å². The molecule has 4 rings (SSSR count). The minimum Gasteiger partial charge on any atom is -0.324 e. The lowest BCUT2D eigenvalue weighted by molar-refractivity contribution is -0.119. The molecular weight excluding hydrogens is 470 g/mol. The lowest BCUT2D eigenvalue weighted by atomic mass is 10.1. The third-order valence-electron chi connectivity index (χ3n) is 4.95. The molecule has 3 aromatic rings. The van der Waals surface area contributed by atoms with Crippen molar-refractivity contribution in [3.05, 3.63) is 73.7 Å². The Bertz CT molecular complexity index is 1210. The van der Waals surface area contributed by atoms with Crippen LogP contribution in [0.2, 0.25) is 20.1 Å². The number of amides is 3. The van der Waals surface area contributed by atoms with E-state index in [0.29, 0.717) is 5.69 Å². The SMILES string of the molecule is C[C@H](C(=O)Nc1cccc2ccccc12)N1C(=O)c2c(Cl)c(Cl)c(Cl)c(Cl)c2C1=O. The van der Waals surface area contributed by atoms with Crippen molar-refractivity contribution in [3.63, 3.8) is 0 Å². The van der Waals surface area contributed by atoms with E-state index in [-0.39, 0.29) is 31.2 Å². The van der Waals surface area contributed by atoms with Crippen molar-refractivity contribution in [1.29, 1.82) is 0 Å². The van der Waals surface area contributed by atoms with Crippen LogP contribution in [-0.4, -0.2) is 28.7 Å². The van der Waals surface area contributed by atoms with Gasteiger partial charge in [-0.15, -0.1) is 0 Å². The second kappa shape index (κ2) is 7.75. The lowest BCUT2D eigenvalue weighted by Crippen LogP contribution is -2.45. The van der Waals surface area contributed by atoms with E-state index < -0.39 is 23.8 Å². The number of rotatable bonds is 3. The normalized spacial score (nSPS) is 14.2. The summed E-state index contributed by atoms with van der Waals surface area (Å²) in [6.07, 6.45) is 0. The van der Waals surface area contributed by atoms with E-state index in [1.165, 1.54) is 6.92 Å². The third kappa shape index (κ3) is 3.13. The molecule has 0 fully saturated rings. The molecular formula is C21H12Cl4N2O3. The predicted octanol–water partition coefficient (Wildman–Crippen LogP) is 6.08. The van der Waals surface area contributed by atoms with Crippen LogP contribution in [0.3, 0.4) is 0 Å². The van der Waals surface area contributed by atoms with E-state index in [1.54, 1.807) is 12.1 Å². The highest BCUT2D eigenvalue weighted by Crippen LogP contribution is 2.45. The molecule has 30 heavy (non-hydrogen) atoms. The Morgan fingerprint density at radius 2 is 1.37 bits per heavy atom. The van der Waals surface area contributed by atoms with Gasteiger partial charge in [0.05, 0.1) is 31.2 Å². The van der Waals surface area contributed by atoms with Crippen LogP contribution in [0.15, 0.2) is 42.5 Å². The van der Waals surface area contributed by atoms with Crippen molar-refractivity contribution in [1.82, 2.24) is 4.90 Å². The van der Waals surface area contributed by atoms with Crippen molar-refractivity contribution in [3.8, 4) is 0 Å². The van der Waals surface area contributed by atoms with Gasteiger partial charge in [0.2, 0.25) is 5.91 Å². The predicted molar refractivity (Wildman–Crippen MR) is 119 cm³/mol. The van der Waals surface area contributed by atoms with Crippen molar-refractivity contribution in [2.45, 2.75) is 13.0 Å². The van der Waals surface area contributed by atoms with Crippen molar-refractivity contribution in [2.24, 2.45) is 0 Å². The molecule has 0 spiro atoms. The maximum absolute atomic E-state index is 12.9. The highest BCUT2D eigenvalue weighted by atomic mass is 35.5. The average Bonchev–Trinajstić information content (AvgIpc) is 3.00. The molecule has 3 amide bonds. The van der Waals surface area contributed by atoms with E-state index >= 15 is 0 Å². The average molecular weight is 482 g/mol. The Kier molecular flexibility index (Phi) is 5.41. The van der Waals surface area contributed by atoms with Gasteiger partial charge in [-0.1, -0.05) is 82.8 Å². The number of anilines is 1. The van der Waals surface area contributed by atoms with Crippen LogP contribution in [0, 0.1) is 0 Å². The monoisotopic (exact) mass is 480 g/mol. The summed E-state index contributed by atoms with van der Waals surface area (Å²) in [6, 6.07) is 11.8. The van der Waals surface area contributed by atoms with E-state index in [9.17, 15) is 14.4 Å². The number of benzene rings is 3. The van der Waals surface area contributed by atoms with Crippen LogP contribution in [-0.2, 0) is 4.79 Å². The Morgan fingerprint density at radius 1 is 0.833 bits per heavy atom. The molecule has 0 aliphatic carbocycles. The summed E-state index contributed by atoms with van der Waals surface area (Å²) in [5.74, 6) is -2.08. The molecule has 0 radical (unpaired) electrons. The first-order valence-electron chi connectivity index (χ1n) is 8.76. The number of carbonyl (C=O) groups is 3. The van der Waals surface area contributed by atoms with Gasteiger partial charge in [0, 0.05) is 11.1 Å². The van der Waals surface area contributed by atoms with Gasteiger partial charge < -0.3 is 5.32 Å². The van der Waals surface area contributed by atoms with E-state index in [2.05, 4.69) is 5.32 Å². The van der Waals surface area contributed by atoms with Crippen LogP contribution in [0.1, 0.15) is 27.6 Å². The van der Waals surface area contributed by atoms with Crippen LogP contribution in [0.25, 0.3) is 10.8 Å². The van der Waals surface area contributed by atoms with Crippen LogP contribution >= 0.6 is 46.4 Å². The summed E-state index contributed by atoms with van der Waals surface area (Å²) < 4.78 is 0. The topological polar surface area (TPSA) is 66.5 Å². The molecule has 0 saturated carbocycles. The number of nitrogens with one attached hydrogen (secondary N) is 1. The summed E-state index contributed by atoms with van der Waals surface area (Å²) in [7, 11) is 0. The molecule has 5 nitrogen and oxygen atoms in total. The molecule has 3 aromatic carbocycles. The fourth-order valence-corrected chi connectivity index (χ4v) is 4.42. The smallest absolute Gasteiger partial charge is 0.263 e. The second-order valence-corrected chi connectivity index (χ2v) is 8.19. The summed E-state index contributed by atoms with van der Waals surface area (Å²) in [5.41, 5.74) is 0.237.